The van der Waals surface area contributed by atoms with Gasteiger partial charge in [-0.1, -0.05) is 78.9 Å². The Kier molecular flexibility index (Phi) is 9.69. The molecule has 0 radical (unpaired) electrons. The van der Waals surface area contributed by atoms with Crippen LogP contribution in [0.4, 0.5) is 4.79 Å². The van der Waals surface area contributed by atoms with Gasteiger partial charge in [0.1, 0.15) is 11.4 Å². The van der Waals surface area contributed by atoms with Crippen molar-refractivity contribution in [2.45, 2.75) is 70.6 Å². The zero-order valence-corrected chi connectivity index (χ0v) is 25.7. The van der Waals surface area contributed by atoms with Crippen molar-refractivity contribution < 1.29 is 24.1 Å². The summed E-state index contributed by atoms with van der Waals surface area (Å²) in [6.07, 6.45) is 2.59. The van der Waals surface area contributed by atoms with Crippen LogP contribution in [0.25, 0.3) is 11.1 Å². The number of aliphatic hydroxyl groups is 1. The number of amides is 1. The number of hydrogen-bond donors (Lipinski definition) is 3. The lowest BCUT2D eigenvalue weighted by atomic mass is 9.87. The Balaban J connectivity index is 1.42. The highest BCUT2D eigenvalue weighted by Gasteiger charge is 2.31. The highest BCUT2D eigenvalue weighted by molar-refractivity contribution is 5.67. The van der Waals surface area contributed by atoms with Gasteiger partial charge in [0, 0.05) is 24.1 Å². The first kappa shape index (κ1) is 31.3. The van der Waals surface area contributed by atoms with Gasteiger partial charge in [-0.3, -0.25) is 5.73 Å². The topological polar surface area (TPSA) is 103 Å². The van der Waals surface area contributed by atoms with Crippen LogP contribution in [0.15, 0.2) is 97.1 Å². The normalized spacial score (nSPS) is 16.5. The number of nitrogens with two attached hydrogens (primary N) is 1. The second kappa shape index (κ2) is 13.6. The number of hydrogen-bond acceptors (Lipinski definition) is 6. The largest absolute Gasteiger partial charge is 0.465 e. The molecule has 1 saturated heterocycles. The van der Waals surface area contributed by atoms with Crippen molar-refractivity contribution in [1.82, 2.24) is 5.32 Å². The molecule has 1 heterocycles. The minimum atomic E-state index is -1.84. The molecule has 44 heavy (non-hydrogen) atoms. The maximum Gasteiger partial charge on any atom is 0.407 e. The first-order valence-corrected chi connectivity index (χ1v) is 15.2. The highest BCUT2D eigenvalue weighted by atomic mass is 16.7. The van der Waals surface area contributed by atoms with Crippen LogP contribution in [0.5, 0.6) is 5.75 Å². The lowest BCUT2D eigenvalue weighted by Crippen LogP contribution is -2.39. The molecule has 4 aromatic rings. The van der Waals surface area contributed by atoms with Crippen LogP contribution in [0.2, 0.25) is 0 Å². The van der Waals surface area contributed by atoms with E-state index in [4.69, 9.17) is 19.9 Å². The third-order valence-electron chi connectivity index (χ3n) is 7.56. The van der Waals surface area contributed by atoms with Gasteiger partial charge in [0.25, 0.3) is 0 Å². The maximum absolute atomic E-state index is 12.2. The van der Waals surface area contributed by atoms with Gasteiger partial charge >= 0.3 is 6.09 Å². The molecule has 7 heteroatoms. The van der Waals surface area contributed by atoms with Gasteiger partial charge < -0.3 is 24.6 Å². The van der Waals surface area contributed by atoms with E-state index in [1.54, 1.807) is 12.1 Å². The van der Waals surface area contributed by atoms with Gasteiger partial charge in [0.15, 0.2) is 12.0 Å². The number of nitrogens with one attached hydrogen (secondary N) is 1. The Morgan fingerprint density at radius 2 is 1.66 bits per heavy atom. The molecular formula is C37H42N2O5. The Bertz CT molecular complexity index is 1540. The predicted molar refractivity (Wildman–Crippen MR) is 172 cm³/mol. The fourth-order valence-corrected chi connectivity index (χ4v) is 5.32. The van der Waals surface area contributed by atoms with Crippen LogP contribution >= 0.6 is 0 Å². The fraction of sp³-hybridized carbons (Fsp3) is 0.324. The van der Waals surface area contributed by atoms with Gasteiger partial charge in [-0.2, -0.15) is 0 Å². The average molecular weight is 595 g/mol. The Hall–Kier alpha value is -4.17. The molecule has 0 aliphatic carbocycles. The van der Waals surface area contributed by atoms with E-state index in [9.17, 15) is 9.90 Å². The number of alkyl carbamates (subject to hydrolysis) is 1. The molecule has 1 aliphatic rings. The number of ether oxygens (including phenoxy) is 3. The summed E-state index contributed by atoms with van der Waals surface area (Å²) in [4.78, 5) is 12.2. The maximum atomic E-state index is 12.2. The molecule has 2 atom stereocenters. The zero-order valence-electron chi connectivity index (χ0n) is 25.7. The third-order valence-corrected chi connectivity index (χ3v) is 7.56. The summed E-state index contributed by atoms with van der Waals surface area (Å²) in [5, 5.41) is 14.7. The molecule has 0 spiro atoms. The molecule has 1 fully saturated rings. The van der Waals surface area contributed by atoms with E-state index in [1.165, 1.54) is 0 Å². The molecule has 230 valence electrons. The molecule has 1 amide bonds. The van der Waals surface area contributed by atoms with Crippen molar-refractivity contribution >= 4 is 6.09 Å². The van der Waals surface area contributed by atoms with Crippen molar-refractivity contribution in [3.63, 3.8) is 0 Å². The quantitative estimate of drug-likeness (QED) is 0.180. The monoisotopic (exact) mass is 594 g/mol. The van der Waals surface area contributed by atoms with Crippen LogP contribution in [0, 0.1) is 0 Å². The Morgan fingerprint density at radius 3 is 2.36 bits per heavy atom. The summed E-state index contributed by atoms with van der Waals surface area (Å²) in [7, 11) is 0. The summed E-state index contributed by atoms with van der Waals surface area (Å²) in [5.74, 6) is 0.585. The van der Waals surface area contributed by atoms with Crippen molar-refractivity contribution in [1.29, 1.82) is 0 Å². The van der Waals surface area contributed by atoms with Crippen molar-refractivity contribution in [3.8, 4) is 16.9 Å². The summed E-state index contributed by atoms with van der Waals surface area (Å²) in [6.45, 7) is 6.33. The SMILES string of the molecule is CC(C)(C)OC(=O)NCc1cccc(C(N)(O)c2cc(OC3CCCCO3)ccc2Cc2ccc(-c3ccccc3)cc2)c1. The molecule has 4 N–H and O–H groups in total. The van der Waals surface area contributed by atoms with Gasteiger partial charge in [0.2, 0.25) is 0 Å². The van der Waals surface area contributed by atoms with Crippen LogP contribution in [-0.4, -0.2) is 29.7 Å². The van der Waals surface area contributed by atoms with Crippen molar-refractivity contribution in [2.24, 2.45) is 5.73 Å². The lowest BCUT2D eigenvalue weighted by Gasteiger charge is -2.29. The van der Waals surface area contributed by atoms with Crippen molar-refractivity contribution in [2.75, 3.05) is 6.61 Å². The van der Waals surface area contributed by atoms with Gasteiger partial charge in [-0.05, 0) is 86.1 Å². The van der Waals surface area contributed by atoms with Crippen molar-refractivity contribution in [3.05, 3.63) is 125 Å². The van der Waals surface area contributed by atoms with Gasteiger partial charge in [-0.15, -0.1) is 0 Å². The molecular weight excluding hydrogens is 552 g/mol. The third kappa shape index (κ3) is 8.26. The standard InChI is InChI=1S/C37H42N2O5/c1-36(2,3)44-35(40)39-25-27-10-9-13-31(23-27)37(38,41)33-24-32(43-34-14-7-8-21-42-34)20-19-30(33)22-26-15-17-29(18-16-26)28-11-5-4-6-12-28/h4-6,9-13,15-20,23-24,34,41H,7-8,14,21-22,25,38H2,1-3H3,(H,39,40). The summed E-state index contributed by atoms with van der Waals surface area (Å²) in [5.41, 5.74) is 10.4. The van der Waals surface area contributed by atoms with E-state index in [0.29, 0.717) is 29.9 Å². The molecule has 5 rings (SSSR count). The molecule has 0 bridgehead atoms. The Labute approximate surface area is 260 Å². The fourth-order valence-electron chi connectivity index (χ4n) is 5.32. The number of rotatable bonds is 9. The van der Waals surface area contributed by atoms with Crippen LogP contribution < -0.4 is 15.8 Å². The van der Waals surface area contributed by atoms with E-state index in [-0.39, 0.29) is 12.8 Å². The highest BCUT2D eigenvalue weighted by Crippen LogP contribution is 2.33. The number of benzene rings is 4. The lowest BCUT2D eigenvalue weighted by molar-refractivity contribution is -0.106. The predicted octanol–water partition coefficient (Wildman–Crippen LogP) is 7.03. The summed E-state index contributed by atoms with van der Waals surface area (Å²) >= 11 is 0. The van der Waals surface area contributed by atoms with Crippen LogP contribution in [0.1, 0.15) is 67.9 Å². The molecule has 4 aromatic carbocycles. The van der Waals surface area contributed by atoms with E-state index in [0.717, 1.165) is 47.1 Å². The average Bonchev–Trinajstić information content (AvgIpc) is 3.01. The molecule has 1 aliphatic heterocycles. The molecule has 0 aromatic heterocycles. The van der Waals surface area contributed by atoms with Crippen LogP contribution in [0.3, 0.4) is 0 Å². The minimum absolute atomic E-state index is 0.224. The molecule has 7 nitrogen and oxygen atoms in total. The smallest absolute Gasteiger partial charge is 0.407 e. The van der Waals surface area contributed by atoms with E-state index < -0.39 is 17.4 Å². The number of carbonyl (C=O) groups is 1. The van der Waals surface area contributed by atoms with Crippen LogP contribution in [-0.2, 0) is 28.2 Å². The minimum Gasteiger partial charge on any atom is -0.465 e. The first-order chi connectivity index (χ1) is 21.1. The van der Waals surface area contributed by atoms with E-state index >= 15 is 0 Å². The zero-order chi connectivity index (χ0) is 31.2. The van der Waals surface area contributed by atoms with Gasteiger partial charge in [0.05, 0.1) is 6.61 Å². The Morgan fingerprint density at radius 1 is 0.909 bits per heavy atom. The van der Waals surface area contributed by atoms with E-state index in [1.807, 2.05) is 69.3 Å². The summed E-state index contributed by atoms with van der Waals surface area (Å²) < 4.78 is 17.3. The first-order valence-electron chi connectivity index (χ1n) is 15.2. The summed E-state index contributed by atoms with van der Waals surface area (Å²) in [6, 6.07) is 31.6. The van der Waals surface area contributed by atoms with Gasteiger partial charge in [-0.25, -0.2) is 4.79 Å². The molecule has 0 saturated carbocycles. The number of carbonyl (C=O) groups excluding carboxylic acids is 1. The van der Waals surface area contributed by atoms with E-state index in [2.05, 4.69) is 41.7 Å². The molecule has 2 unspecified atom stereocenters. The second-order valence-electron chi connectivity index (χ2n) is 12.3. The second-order valence-corrected chi connectivity index (χ2v) is 12.3.